The highest BCUT2D eigenvalue weighted by Crippen LogP contribution is 2.33. The molecule has 0 aliphatic carbocycles. The first-order valence-electron chi connectivity index (χ1n) is 8.19. The number of benzene rings is 1. The summed E-state index contributed by atoms with van der Waals surface area (Å²) in [6, 6.07) is 9.40. The number of nitrogens with zero attached hydrogens (tertiary/aromatic N) is 3. The number of piperidine rings is 1. The summed E-state index contributed by atoms with van der Waals surface area (Å²) in [7, 11) is 0. The van der Waals surface area contributed by atoms with E-state index >= 15 is 0 Å². The molecule has 7 nitrogen and oxygen atoms in total. The van der Waals surface area contributed by atoms with E-state index in [1.807, 2.05) is 41.1 Å². The average molecular weight is 368 g/mol. The summed E-state index contributed by atoms with van der Waals surface area (Å²) < 4.78 is 7.43. The molecule has 1 N–H and O–H groups in total. The molecule has 2 amide bonds. The Hall–Kier alpha value is -3.00. The van der Waals surface area contributed by atoms with Crippen LogP contribution in [0.5, 0.6) is 5.75 Å². The van der Waals surface area contributed by atoms with Crippen LogP contribution in [-0.4, -0.2) is 26.8 Å². The zero-order valence-electron chi connectivity index (χ0n) is 13.8. The molecule has 0 radical (unpaired) electrons. The van der Waals surface area contributed by atoms with Gasteiger partial charge in [0.1, 0.15) is 24.1 Å². The zero-order valence-corrected chi connectivity index (χ0v) is 14.6. The highest BCUT2D eigenvalue weighted by Gasteiger charge is 2.29. The molecular formula is C18H16N4O3S. The van der Waals surface area contributed by atoms with E-state index < -0.39 is 6.04 Å². The van der Waals surface area contributed by atoms with Gasteiger partial charge < -0.3 is 4.74 Å². The Balaban J connectivity index is 1.51. The summed E-state index contributed by atoms with van der Waals surface area (Å²) in [6.45, 7) is 0.464. The average Bonchev–Trinajstić information content (AvgIpc) is 3.30. The van der Waals surface area contributed by atoms with Gasteiger partial charge in [-0.3, -0.25) is 14.9 Å². The number of ether oxygens (including phenoxy) is 1. The number of carbonyl (C=O) groups is 2. The van der Waals surface area contributed by atoms with Gasteiger partial charge in [0.05, 0.1) is 11.8 Å². The second-order valence-corrected chi connectivity index (χ2v) is 6.72. The van der Waals surface area contributed by atoms with E-state index in [0.29, 0.717) is 25.1 Å². The fraction of sp³-hybridized carbons (Fsp3) is 0.222. The Morgan fingerprint density at radius 2 is 2.08 bits per heavy atom. The quantitative estimate of drug-likeness (QED) is 0.700. The lowest BCUT2D eigenvalue weighted by Crippen LogP contribution is -2.41. The Morgan fingerprint density at radius 1 is 1.23 bits per heavy atom. The molecule has 26 heavy (non-hydrogen) atoms. The lowest BCUT2D eigenvalue weighted by molar-refractivity contribution is -0.136. The molecule has 0 saturated carbocycles. The first-order chi connectivity index (χ1) is 12.7. The lowest BCUT2D eigenvalue weighted by atomic mass is 10.1. The summed E-state index contributed by atoms with van der Waals surface area (Å²) >= 11 is 1.52. The number of nitrogens with one attached hydrogen (secondary N) is 1. The van der Waals surface area contributed by atoms with Crippen molar-refractivity contribution in [2.45, 2.75) is 25.5 Å². The van der Waals surface area contributed by atoms with Crippen molar-refractivity contribution in [1.82, 2.24) is 20.3 Å². The molecule has 1 aliphatic heterocycles. The Bertz CT molecular complexity index is 935. The van der Waals surface area contributed by atoms with Crippen molar-refractivity contribution in [3.05, 3.63) is 52.9 Å². The maximum absolute atomic E-state index is 12.0. The number of rotatable bonds is 5. The smallest absolute Gasteiger partial charge is 0.251 e. The summed E-state index contributed by atoms with van der Waals surface area (Å²) in [4.78, 5) is 23.3. The predicted molar refractivity (Wildman–Crippen MR) is 95.5 cm³/mol. The van der Waals surface area contributed by atoms with Gasteiger partial charge in [0.25, 0.3) is 5.91 Å². The van der Waals surface area contributed by atoms with Crippen LogP contribution in [0.3, 0.4) is 0 Å². The van der Waals surface area contributed by atoms with Crippen molar-refractivity contribution in [3.63, 3.8) is 0 Å². The number of amides is 2. The lowest BCUT2D eigenvalue weighted by Gasteiger charge is -2.20. The zero-order chi connectivity index (χ0) is 17.9. The van der Waals surface area contributed by atoms with Gasteiger partial charge in [0.15, 0.2) is 0 Å². The summed E-state index contributed by atoms with van der Waals surface area (Å²) in [5, 5.41) is 14.4. The van der Waals surface area contributed by atoms with Crippen LogP contribution in [0.1, 0.15) is 24.4 Å². The molecule has 1 fully saturated rings. The van der Waals surface area contributed by atoms with E-state index in [-0.39, 0.29) is 11.8 Å². The van der Waals surface area contributed by atoms with Gasteiger partial charge in [-0.15, -0.1) is 16.4 Å². The third kappa shape index (κ3) is 3.36. The predicted octanol–water partition coefficient (Wildman–Crippen LogP) is 2.56. The number of carbonyl (C=O) groups excluding carboxylic acids is 2. The maximum atomic E-state index is 12.0. The molecule has 4 rings (SSSR count). The standard InChI is InChI=1S/C18H16N4O3S/c23-17-7-6-15(18(24)19-17)22-8-14(20-21-22)13-10-26-11-16(13)25-9-12-4-2-1-3-5-12/h1-5,8,10-11,15H,6-7,9H2,(H,19,23,24). The third-order valence-corrected chi connectivity index (χ3v) is 4.90. The minimum absolute atomic E-state index is 0.249. The van der Waals surface area contributed by atoms with Crippen molar-refractivity contribution in [1.29, 1.82) is 0 Å². The largest absolute Gasteiger partial charge is 0.487 e. The normalized spacial score (nSPS) is 17.2. The number of hydrogen-bond donors (Lipinski definition) is 1. The Kier molecular flexibility index (Phi) is 4.49. The highest BCUT2D eigenvalue weighted by molar-refractivity contribution is 7.08. The SMILES string of the molecule is O=C1CCC(n2cc(-c3cscc3OCc3ccccc3)nn2)C(=O)N1. The molecule has 3 heterocycles. The van der Waals surface area contributed by atoms with Crippen LogP contribution in [0.15, 0.2) is 47.3 Å². The van der Waals surface area contributed by atoms with Crippen molar-refractivity contribution in [2.24, 2.45) is 0 Å². The molecule has 1 aromatic carbocycles. The third-order valence-electron chi connectivity index (χ3n) is 4.18. The molecule has 1 saturated heterocycles. The monoisotopic (exact) mass is 368 g/mol. The van der Waals surface area contributed by atoms with E-state index in [1.165, 1.54) is 16.0 Å². The molecule has 3 aromatic rings. The minimum atomic E-state index is -0.513. The molecule has 0 bridgehead atoms. The fourth-order valence-corrected chi connectivity index (χ4v) is 3.57. The van der Waals surface area contributed by atoms with Gasteiger partial charge in [-0.1, -0.05) is 35.5 Å². The number of aromatic nitrogens is 3. The highest BCUT2D eigenvalue weighted by atomic mass is 32.1. The molecular weight excluding hydrogens is 352 g/mol. The number of thiophene rings is 1. The second-order valence-electron chi connectivity index (χ2n) is 5.97. The van der Waals surface area contributed by atoms with Crippen LogP contribution >= 0.6 is 11.3 Å². The molecule has 132 valence electrons. The van der Waals surface area contributed by atoms with Gasteiger partial charge in [0, 0.05) is 17.2 Å². The van der Waals surface area contributed by atoms with Crippen molar-refractivity contribution < 1.29 is 14.3 Å². The van der Waals surface area contributed by atoms with Gasteiger partial charge >= 0.3 is 0 Å². The van der Waals surface area contributed by atoms with E-state index in [2.05, 4.69) is 15.6 Å². The van der Waals surface area contributed by atoms with Crippen LogP contribution < -0.4 is 10.1 Å². The van der Waals surface area contributed by atoms with Gasteiger partial charge in [-0.05, 0) is 12.0 Å². The first-order valence-corrected chi connectivity index (χ1v) is 9.14. The van der Waals surface area contributed by atoms with Crippen molar-refractivity contribution >= 4 is 23.2 Å². The number of hydrogen-bond acceptors (Lipinski definition) is 6. The van der Waals surface area contributed by atoms with Crippen LogP contribution in [0.2, 0.25) is 0 Å². The van der Waals surface area contributed by atoms with E-state index in [0.717, 1.165) is 16.9 Å². The summed E-state index contributed by atoms with van der Waals surface area (Å²) in [6.07, 6.45) is 2.45. The molecule has 1 aliphatic rings. The molecule has 8 heteroatoms. The Labute approximate surface area is 153 Å². The topological polar surface area (TPSA) is 86.1 Å². The summed E-state index contributed by atoms with van der Waals surface area (Å²) in [5.41, 5.74) is 2.56. The van der Waals surface area contributed by atoms with Gasteiger partial charge in [0.2, 0.25) is 5.91 Å². The van der Waals surface area contributed by atoms with E-state index in [4.69, 9.17) is 4.74 Å². The first kappa shape index (κ1) is 16.5. The van der Waals surface area contributed by atoms with Crippen molar-refractivity contribution in [2.75, 3.05) is 0 Å². The van der Waals surface area contributed by atoms with Gasteiger partial charge in [-0.25, -0.2) is 4.68 Å². The number of imide groups is 1. The summed E-state index contributed by atoms with van der Waals surface area (Å²) in [5.74, 6) is 0.138. The van der Waals surface area contributed by atoms with E-state index in [1.54, 1.807) is 6.20 Å². The molecule has 2 aromatic heterocycles. The molecule has 1 atom stereocenters. The molecule has 0 spiro atoms. The molecule has 1 unspecified atom stereocenters. The van der Waals surface area contributed by atoms with Gasteiger partial charge in [-0.2, -0.15) is 0 Å². The second kappa shape index (κ2) is 7.09. The van der Waals surface area contributed by atoms with Crippen LogP contribution in [0.25, 0.3) is 11.3 Å². The van der Waals surface area contributed by atoms with Crippen LogP contribution in [0.4, 0.5) is 0 Å². The van der Waals surface area contributed by atoms with Crippen LogP contribution in [-0.2, 0) is 16.2 Å². The Morgan fingerprint density at radius 3 is 2.88 bits per heavy atom. The fourth-order valence-electron chi connectivity index (χ4n) is 2.81. The van der Waals surface area contributed by atoms with Crippen molar-refractivity contribution in [3.8, 4) is 17.0 Å². The van der Waals surface area contributed by atoms with Crippen LogP contribution in [0, 0.1) is 0 Å². The minimum Gasteiger partial charge on any atom is -0.487 e. The van der Waals surface area contributed by atoms with E-state index in [9.17, 15) is 9.59 Å². The maximum Gasteiger partial charge on any atom is 0.251 e.